The zero-order valence-corrected chi connectivity index (χ0v) is 12.0. The Hall–Kier alpha value is -1.02. The van der Waals surface area contributed by atoms with E-state index in [1.165, 1.54) is 16.7 Å². The molecule has 0 radical (unpaired) electrons. The molecule has 0 saturated carbocycles. The van der Waals surface area contributed by atoms with Crippen molar-refractivity contribution in [3.63, 3.8) is 0 Å². The molecule has 0 bridgehead atoms. The van der Waals surface area contributed by atoms with Crippen LogP contribution in [0.15, 0.2) is 12.1 Å². The number of hydrogen-bond acceptors (Lipinski definition) is 2. The lowest BCUT2D eigenvalue weighted by Crippen LogP contribution is -2.17. The van der Waals surface area contributed by atoms with E-state index in [2.05, 4.69) is 39.8 Å². The summed E-state index contributed by atoms with van der Waals surface area (Å²) in [6.07, 6.45) is 2.23. The first kappa shape index (κ1) is 13.4. The summed E-state index contributed by atoms with van der Waals surface area (Å²) in [6, 6.07) is 4.52. The van der Waals surface area contributed by atoms with Gasteiger partial charge in [-0.25, -0.2) is 0 Å². The van der Waals surface area contributed by atoms with Crippen molar-refractivity contribution in [1.82, 2.24) is 0 Å². The topological polar surface area (TPSA) is 35.2 Å². The van der Waals surface area contributed by atoms with Crippen molar-refractivity contribution < 1.29 is 4.74 Å². The minimum Gasteiger partial charge on any atom is -0.493 e. The smallest absolute Gasteiger partial charge is 0.126 e. The van der Waals surface area contributed by atoms with Crippen molar-refractivity contribution in [3.05, 3.63) is 28.8 Å². The SMILES string of the molecule is Cc1cc2c(c(C(C)(C)C)c1)OCCCC2CN. The lowest BCUT2D eigenvalue weighted by molar-refractivity contribution is 0.308. The molecule has 2 heteroatoms. The van der Waals surface area contributed by atoms with Crippen molar-refractivity contribution in [2.75, 3.05) is 13.2 Å². The molecule has 0 aromatic heterocycles. The van der Waals surface area contributed by atoms with Crippen LogP contribution < -0.4 is 10.5 Å². The minimum absolute atomic E-state index is 0.111. The third kappa shape index (κ3) is 2.54. The highest BCUT2D eigenvalue weighted by molar-refractivity contribution is 5.50. The van der Waals surface area contributed by atoms with Crippen LogP contribution in [0, 0.1) is 6.92 Å². The number of benzene rings is 1. The molecule has 0 saturated heterocycles. The van der Waals surface area contributed by atoms with Crippen LogP contribution in [-0.2, 0) is 5.41 Å². The third-order valence-electron chi connectivity index (χ3n) is 3.74. The van der Waals surface area contributed by atoms with E-state index in [1.807, 2.05) is 0 Å². The highest BCUT2D eigenvalue weighted by Gasteiger charge is 2.26. The monoisotopic (exact) mass is 247 g/mol. The van der Waals surface area contributed by atoms with E-state index in [4.69, 9.17) is 10.5 Å². The first-order valence-corrected chi connectivity index (χ1v) is 6.91. The van der Waals surface area contributed by atoms with Crippen LogP contribution in [0.5, 0.6) is 5.75 Å². The van der Waals surface area contributed by atoms with Crippen LogP contribution in [0.3, 0.4) is 0 Å². The Balaban J connectivity index is 2.60. The Labute approximate surface area is 111 Å². The highest BCUT2D eigenvalue weighted by Crippen LogP contribution is 2.41. The van der Waals surface area contributed by atoms with E-state index in [0.29, 0.717) is 12.5 Å². The summed E-state index contributed by atoms with van der Waals surface area (Å²) in [5.41, 5.74) is 10.00. The molecule has 1 aromatic carbocycles. The summed E-state index contributed by atoms with van der Waals surface area (Å²) in [5, 5.41) is 0. The van der Waals surface area contributed by atoms with Crippen LogP contribution in [0.2, 0.25) is 0 Å². The van der Waals surface area contributed by atoms with Gasteiger partial charge in [0.05, 0.1) is 6.61 Å². The predicted octanol–water partition coefficient (Wildman–Crippen LogP) is 3.51. The fourth-order valence-electron chi connectivity index (χ4n) is 2.73. The third-order valence-corrected chi connectivity index (χ3v) is 3.74. The van der Waals surface area contributed by atoms with E-state index < -0.39 is 0 Å². The number of nitrogens with two attached hydrogens (primary N) is 1. The number of fused-ring (bicyclic) bond motifs is 1. The molecular formula is C16H25NO. The Kier molecular flexibility index (Phi) is 3.67. The minimum atomic E-state index is 0.111. The summed E-state index contributed by atoms with van der Waals surface area (Å²) in [4.78, 5) is 0. The molecule has 100 valence electrons. The number of hydrogen-bond donors (Lipinski definition) is 1. The molecule has 1 aliphatic rings. The lowest BCUT2D eigenvalue weighted by Gasteiger charge is -2.26. The fraction of sp³-hybridized carbons (Fsp3) is 0.625. The molecule has 2 nitrogen and oxygen atoms in total. The van der Waals surface area contributed by atoms with E-state index in [0.717, 1.165) is 25.2 Å². The van der Waals surface area contributed by atoms with Gasteiger partial charge in [0.25, 0.3) is 0 Å². The standard InChI is InChI=1S/C16H25NO/c1-11-8-13-12(10-17)6-5-7-18-15(13)14(9-11)16(2,3)4/h8-9,12H,5-7,10,17H2,1-4H3. The summed E-state index contributed by atoms with van der Waals surface area (Å²) < 4.78 is 6.04. The predicted molar refractivity (Wildman–Crippen MR) is 76.4 cm³/mol. The summed E-state index contributed by atoms with van der Waals surface area (Å²) in [5.74, 6) is 1.55. The number of ether oxygens (including phenoxy) is 1. The van der Waals surface area contributed by atoms with Crippen molar-refractivity contribution in [1.29, 1.82) is 0 Å². The molecular weight excluding hydrogens is 222 g/mol. The van der Waals surface area contributed by atoms with E-state index in [9.17, 15) is 0 Å². The van der Waals surface area contributed by atoms with E-state index in [1.54, 1.807) is 0 Å². The molecule has 2 rings (SSSR count). The molecule has 1 atom stereocenters. The van der Waals surface area contributed by atoms with Gasteiger partial charge in [0.15, 0.2) is 0 Å². The van der Waals surface area contributed by atoms with Crippen LogP contribution in [0.4, 0.5) is 0 Å². The van der Waals surface area contributed by atoms with Gasteiger partial charge in [-0.2, -0.15) is 0 Å². The van der Waals surface area contributed by atoms with E-state index >= 15 is 0 Å². The Morgan fingerprint density at radius 3 is 2.67 bits per heavy atom. The molecule has 0 amide bonds. The fourth-order valence-corrected chi connectivity index (χ4v) is 2.73. The molecule has 1 aromatic rings. The maximum atomic E-state index is 6.04. The van der Waals surface area contributed by atoms with Crippen molar-refractivity contribution >= 4 is 0 Å². The maximum Gasteiger partial charge on any atom is 0.126 e. The van der Waals surface area contributed by atoms with Gasteiger partial charge in [-0.3, -0.25) is 0 Å². The lowest BCUT2D eigenvalue weighted by atomic mass is 9.81. The van der Waals surface area contributed by atoms with Crippen molar-refractivity contribution in [2.24, 2.45) is 5.73 Å². The van der Waals surface area contributed by atoms with Gasteiger partial charge in [0.2, 0.25) is 0 Å². The zero-order valence-electron chi connectivity index (χ0n) is 12.0. The molecule has 0 spiro atoms. The van der Waals surface area contributed by atoms with Crippen LogP contribution >= 0.6 is 0 Å². The highest BCUT2D eigenvalue weighted by atomic mass is 16.5. The molecule has 0 fully saturated rings. The molecule has 18 heavy (non-hydrogen) atoms. The summed E-state index contributed by atoms with van der Waals surface area (Å²) in [7, 11) is 0. The largest absolute Gasteiger partial charge is 0.493 e. The second-order valence-electron chi connectivity index (χ2n) is 6.40. The average Bonchev–Trinajstić information content (AvgIpc) is 2.48. The van der Waals surface area contributed by atoms with Crippen molar-refractivity contribution in [3.8, 4) is 5.75 Å². The second kappa shape index (κ2) is 4.93. The quantitative estimate of drug-likeness (QED) is 0.824. The molecule has 1 unspecified atom stereocenters. The Morgan fingerprint density at radius 2 is 2.06 bits per heavy atom. The average molecular weight is 247 g/mol. The van der Waals surface area contributed by atoms with Gasteiger partial charge >= 0.3 is 0 Å². The zero-order chi connectivity index (χ0) is 13.3. The van der Waals surface area contributed by atoms with Crippen LogP contribution in [0.25, 0.3) is 0 Å². The summed E-state index contributed by atoms with van der Waals surface area (Å²) >= 11 is 0. The van der Waals surface area contributed by atoms with Gasteiger partial charge in [0, 0.05) is 5.56 Å². The first-order chi connectivity index (χ1) is 8.43. The Bertz CT molecular complexity index is 431. The summed E-state index contributed by atoms with van der Waals surface area (Å²) in [6.45, 7) is 10.4. The number of rotatable bonds is 1. The molecule has 1 heterocycles. The maximum absolute atomic E-state index is 6.04. The number of aryl methyl sites for hydroxylation is 1. The van der Waals surface area contributed by atoms with Gasteiger partial charge in [-0.05, 0) is 43.2 Å². The van der Waals surface area contributed by atoms with Gasteiger partial charge in [0.1, 0.15) is 5.75 Å². The van der Waals surface area contributed by atoms with E-state index in [-0.39, 0.29) is 5.41 Å². The second-order valence-corrected chi connectivity index (χ2v) is 6.40. The van der Waals surface area contributed by atoms with Gasteiger partial charge in [-0.1, -0.05) is 38.5 Å². The normalized spacial score (nSPS) is 19.9. The van der Waals surface area contributed by atoms with Crippen LogP contribution in [0.1, 0.15) is 56.2 Å². The molecule has 0 aliphatic carbocycles. The van der Waals surface area contributed by atoms with Crippen LogP contribution in [-0.4, -0.2) is 13.2 Å². The van der Waals surface area contributed by atoms with Crippen molar-refractivity contribution in [2.45, 2.75) is 51.9 Å². The first-order valence-electron chi connectivity index (χ1n) is 6.91. The van der Waals surface area contributed by atoms with Gasteiger partial charge in [-0.15, -0.1) is 0 Å². The molecule has 2 N–H and O–H groups in total. The van der Waals surface area contributed by atoms with Gasteiger partial charge < -0.3 is 10.5 Å². The molecule has 1 aliphatic heterocycles. The Morgan fingerprint density at radius 1 is 1.33 bits per heavy atom.